The van der Waals surface area contributed by atoms with Gasteiger partial charge in [-0.05, 0) is 18.2 Å². The average Bonchev–Trinajstić information content (AvgIpc) is 2.14. The molecule has 0 spiro atoms. The predicted octanol–water partition coefficient (Wildman–Crippen LogP) is 3.16. The highest BCUT2D eigenvalue weighted by atomic mass is 79.9. The Labute approximate surface area is 93.0 Å². The molecule has 0 heterocycles. The Kier molecular flexibility index (Phi) is 3.64. The van der Waals surface area contributed by atoms with E-state index in [4.69, 9.17) is 5.11 Å². The van der Waals surface area contributed by atoms with Crippen molar-refractivity contribution in [3.63, 3.8) is 0 Å². The van der Waals surface area contributed by atoms with Crippen molar-refractivity contribution < 1.29 is 18.3 Å². The molecule has 80 valence electrons. The van der Waals surface area contributed by atoms with E-state index in [1.54, 1.807) is 0 Å². The minimum atomic E-state index is -4.50. The van der Waals surface area contributed by atoms with E-state index in [-0.39, 0.29) is 5.56 Å². The molecule has 0 fully saturated rings. The van der Waals surface area contributed by atoms with Crippen LogP contribution >= 0.6 is 15.9 Å². The van der Waals surface area contributed by atoms with Crippen molar-refractivity contribution in [3.05, 3.63) is 29.3 Å². The number of phenolic OH excluding ortho intramolecular Hbond substituents is 1. The first-order valence-electron chi connectivity index (χ1n) is 3.90. The van der Waals surface area contributed by atoms with Crippen molar-refractivity contribution in [2.24, 2.45) is 0 Å². The van der Waals surface area contributed by atoms with Crippen LogP contribution in [0.15, 0.2) is 18.2 Å². The normalized spacial score (nSPS) is 10.7. The van der Waals surface area contributed by atoms with Crippen LogP contribution in [0.5, 0.6) is 5.75 Å². The van der Waals surface area contributed by atoms with E-state index in [9.17, 15) is 13.2 Å². The van der Waals surface area contributed by atoms with Crippen LogP contribution in [0, 0.1) is 11.8 Å². The van der Waals surface area contributed by atoms with Gasteiger partial charge in [-0.2, -0.15) is 13.2 Å². The number of halogens is 4. The Bertz CT molecular complexity index is 415. The second-order valence-electron chi connectivity index (χ2n) is 2.66. The van der Waals surface area contributed by atoms with Crippen molar-refractivity contribution in [2.45, 2.75) is 6.18 Å². The summed E-state index contributed by atoms with van der Waals surface area (Å²) in [7, 11) is 0. The van der Waals surface area contributed by atoms with Gasteiger partial charge in [-0.25, -0.2) is 0 Å². The molecule has 0 aliphatic carbocycles. The van der Waals surface area contributed by atoms with Gasteiger partial charge in [0.15, 0.2) is 0 Å². The smallest absolute Gasteiger partial charge is 0.417 e. The Morgan fingerprint density at radius 1 is 1.33 bits per heavy atom. The second-order valence-corrected chi connectivity index (χ2v) is 3.22. The fraction of sp³-hybridized carbons (Fsp3) is 0.200. The van der Waals surface area contributed by atoms with E-state index in [1.165, 1.54) is 6.07 Å². The van der Waals surface area contributed by atoms with Gasteiger partial charge in [0.05, 0.1) is 10.9 Å². The summed E-state index contributed by atoms with van der Waals surface area (Å²) in [5, 5.41) is 9.27. The summed E-state index contributed by atoms with van der Waals surface area (Å²) >= 11 is 2.99. The summed E-state index contributed by atoms with van der Waals surface area (Å²) in [4.78, 5) is 0. The van der Waals surface area contributed by atoms with Crippen LogP contribution in [0.3, 0.4) is 0 Å². The SMILES string of the molecule is Oc1ccc(C#CCBr)c(C(F)(F)F)c1. The molecule has 0 atom stereocenters. The maximum Gasteiger partial charge on any atom is 0.417 e. The number of aromatic hydroxyl groups is 1. The van der Waals surface area contributed by atoms with E-state index in [1.807, 2.05) is 0 Å². The molecule has 0 radical (unpaired) electrons. The van der Waals surface area contributed by atoms with Crippen molar-refractivity contribution in [3.8, 4) is 17.6 Å². The van der Waals surface area contributed by atoms with Gasteiger partial charge in [-0.15, -0.1) is 0 Å². The highest BCUT2D eigenvalue weighted by Gasteiger charge is 2.33. The van der Waals surface area contributed by atoms with Crippen molar-refractivity contribution in [1.82, 2.24) is 0 Å². The Morgan fingerprint density at radius 3 is 2.53 bits per heavy atom. The van der Waals surface area contributed by atoms with E-state index in [2.05, 4.69) is 27.8 Å². The Balaban J connectivity index is 3.27. The number of alkyl halides is 4. The average molecular weight is 279 g/mol. The molecular weight excluding hydrogens is 273 g/mol. The van der Waals surface area contributed by atoms with Crippen LogP contribution in [0.1, 0.15) is 11.1 Å². The molecule has 0 aliphatic heterocycles. The highest BCUT2D eigenvalue weighted by molar-refractivity contribution is 9.09. The Hall–Kier alpha value is -1.15. The zero-order chi connectivity index (χ0) is 11.5. The lowest BCUT2D eigenvalue weighted by molar-refractivity contribution is -0.137. The predicted molar refractivity (Wildman–Crippen MR) is 53.8 cm³/mol. The van der Waals surface area contributed by atoms with Gasteiger partial charge in [0.1, 0.15) is 5.75 Å². The zero-order valence-corrected chi connectivity index (χ0v) is 8.98. The summed E-state index contributed by atoms with van der Waals surface area (Å²) in [6, 6.07) is 2.99. The van der Waals surface area contributed by atoms with Crippen LogP contribution in [0.4, 0.5) is 13.2 Å². The number of hydrogen-bond donors (Lipinski definition) is 1. The summed E-state index contributed by atoms with van der Waals surface area (Å²) in [5.74, 6) is 4.43. The summed E-state index contributed by atoms with van der Waals surface area (Å²) in [6.07, 6.45) is -4.50. The van der Waals surface area contributed by atoms with Gasteiger partial charge >= 0.3 is 6.18 Å². The standard InChI is InChI=1S/C10H6BrF3O/c11-5-1-2-7-3-4-8(15)6-9(7)10(12,13)14/h3-4,6,15H,5H2. The molecule has 0 aliphatic rings. The van der Waals surface area contributed by atoms with Crippen molar-refractivity contribution in [2.75, 3.05) is 5.33 Å². The molecular formula is C10H6BrF3O. The number of hydrogen-bond acceptors (Lipinski definition) is 1. The first-order valence-corrected chi connectivity index (χ1v) is 5.02. The van der Waals surface area contributed by atoms with Gasteiger partial charge < -0.3 is 5.11 Å². The van der Waals surface area contributed by atoms with E-state index in [0.717, 1.165) is 6.07 Å². The molecule has 1 nitrogen and oxygen atoms in total. The van der Waals surface area contributed by atoms with Crippen LogP contribution in [0.2, 0.25) is 0 Å². The molecule has 1 N–H and O–H groups in total. The number of phenols is 1. The van der Waals surface area contributed by atoms with Crippen LogP contribution < -0.4 is 0 Å². The zero-order valence-electron chi connectivity index (χ0n) is 7.40. The van der Waals surface area contributed by atoms with E-state index < -0.39 is 17.5 Å². The lowest BCUT2D eigenvalue weighted by atomic mass is 10.1. The number of rotatable bonds is 0. The molecule has 0 amide bonds. The number of benzene rings is 1. The molecule has 0 saturated heterocycles. The first kappa shape index (κ1) is 11.9. The molecule has 1 aromatic carbocycles. The summed E-state index contributed by atoms with van der Waals surface area (Å²) in [5.41, 5.74) is -1.06. The summed E-state index contributed by atoms with van der Waals surface area (Å²) in [6.45, 7) is 0. The van der Waals surface area contributed by atoms with Crippen LogP contribution in [-0.2, 0) is 6.18 Å². The maximum absolute atomic E-state index is 12.5. The topological polar surface area (TPSA) is 20.2 Å². The van der Waals surface area contributed by atoms with Crippen molar-refractivity contribution in [1.29, 1.82) is 0 Å². The molecule has 5 heteroatoms. The van der Waals surface area contributed by atoms with Crippen molar-refractivity contribution >= 4 is 15.9 Å². The lowest BCUT2D eigenvalue weighted by Gasteiger charge is -2.09. The monoisotopic (exact) mass is 278 g/mol. The third kappa shape index (κ3) is 3.17. The molecule has 1 rings (SSSR count). The van der Waals surface area contributed by atoms with Crippen LogP contribution in [0.25, 0.3) is 0 Å². The second kappa shape index (κ2) is 4.58. The summed E-state index contributed by atoms with van der Waals surface area (Å²) < 4.78 is 37.4. The minimum absolute atomic E-state index is 0.139. The Morgan fingerprint density at radius 2 is 2.00 bits per heavy atom. The molecule has 15 heavy (non-hydrogen) atoms. The molecule has 1 aromatic rings. The molecule has 0 aromatic heterocycles. The van der Waals surface area contributed by atoms with Gasteiger partial charge in [-0.3, -0.25) is 0 Å². The van der Waals surface area contributed by atoms with Gasteiger partial charge in [-0.1, -0.05) is 27.8 Å². The van der Waals surface area contributed by atoms with E-state index in [0.29, 0.717) is 11.4 Å². The van der Waals surface area contributed by atoms with Gasteiger partial charge in [0.2, 0.25) is 0 Å². The molecule has 0 unspecified atom stereocenters. The third-order valence-corrected chi connectivity index (χ3v) is 1.88. The third-order valence-electron chi connectivity index (χ3n) is 1.60. The lowest BCUT2D eigenvalue weighted by Crippen LogP contribution is -2.07. The quantitative estimate of drug-likeness (QED) is 0.571. The fourth-order valence-electron chi connectivity index (χ4n) is 1.00. The minimum Gasteiger partial charge on any atom is -0.508 e. The van der Waals surface area contributed by atoms with Crippen LogP contribution in [-0.4, -0.2) is 10.4 Å². The van der Waals surface area contributed by atoms with Gasteiger partial charge in [0, 0.05) is 5.56 Å². The molecule has 0 saturated carbocycles. The van der Waals surface area contributed by atoms with Gasteiger partial charge in [0.25, 0.3) is 0 Å². The first-order chi connectivity index (χ1) is 6.95. The highest BCUT2D eigenvalue weighted by Crippen LogP contribution is 2.33. The maximum atomic E-state index is 12.5. The largest absolute Gasteiger partial charge is 0.508 e. The van der Waals surface area contributed by atoms with E-state index >= 15 is 0 Å². The molecule has 0 bridgehead atoms. The fourth-order valence-corrected chi connectivity index (χ4v) is 1.14.